The van der Waals surface area contributed by atoms with Crippen LogP contribution in [-0.2, 0) is 6.54 Å². The van der Waals surface area contributed by atoms with Crippen molar-refractivity contribution < 1.29 is 0 Å². The van der Waals surface area contributed by atoms with Crippen molar-refractivity contribution in [3.05, 3.63) is 54.4 Å². The first-order valence-electron chi connectivity index (χ1n) is 12.0. The number of imidazole rings is 1. The van der Waals surface area contributed by atoms with E-state index >= 15 is 0 Å². The Hall–Kier alpha value is -3.27. The van der Waals surface area contributed by atoms with Crippen LogP contribution in [0.4, 0.5) is 17.7 Å². The van der Waals surface area contributed by atoms with E-state index in [1.54, 1.807) is 0 Å². The number of fused-ring (bicyclic) bond motifs is 1. The Labute approximate surface area is 210 Å². The molecule has 0 unspecified atom stereocenters. The van der Waals surface area contributed by atoms with Crippen molar-refractivity contribution in [3.8, 4) is 11.3 Å². The SMILES string of the molecule is Cl.c1cc(CN2CCNCC2)cc(Nc2nc3ccc(-c4ccnc(N5CCCC5)n4)cc3[nH]2)n1. The van der Waals surface area contributed by atoms with Gasteiger partial charge in [-0.3, -0.25) is 4.90 Å². The molecule has 3 aromatic heterocycles. The monoisotopic (exact) mass is 491 g/mol. The molecule has 10 heteroatoms. The number of aromatic nitrogens is 5. The molecule has 182 valence electrons. The summed E-state index contributed by atoms with van der Waals surface area (Å²) >= 11 is 0. The Balaban J connectivity index is 0.00000253. The number of anilines is 3. The molecule has 5 heterocycles. The molecule has 2 saturated heterocycles. The highest BCUT2D eigenvalue weighted by Crippen LogP contribution is 2.26. The maximum atomic E-state index is 4.81. The van der Waals surface area contributed by atoms with Crippen molar-refractivity contribution in [1.29, 1.82) is 0 Å². The Kier molecular flexibility index (Phi) is 7.08. The molecule has 0 amide bonds. The van der Waals surface area contributed by atoms with Crippen LogP contribution in [0.1, 0.15) is 18.4 Å². The van der Waals surface area contributed by atoms with Crippen LogP contribution in [0.15, 0.2) is 48.8 Å². The lowest BCUT2D eigenvalue weighted by Gasteiger charge is -2.27. The molecule has 0 aliphatic carbocycles. The zero-order valence-corrected chi connectivity index (χ0v) is 20.4. The zero-order chi connectivity index (χ0) is 22.7. The minimum absolute atomic E-state index is 0. The van der Waals surface area contributed by atoms with Crippen molar-refractivity contribution in [3.63, 3.8) is 0 Å². The van der Waals surface area contributed by atoms with Gasteiger partial charge in [-0.15, -0.1) is 12.4 Å². The Morgan fingerprint density at radius 1 is 0.886 bits per heavy atom. The van der Waals surface area contributed by atoms with Gasteiger partial charge >= 0.3 is 0 Å². The summed E-state index contributed by atoms with van der Waals surface area (Å²) in [5, 5.41) is 6.73. The third kappa shape index (κ3) is 5.37. The molecule has 9 nitrogen and oxygen atoms in total. The fraction of sp³-hybridized carbons (Fsp3) is 0.360. The minimum Gasteiger partial charge on any atom is -0.341 e. The summed E-state index contributed by atoms with van der Waals surface area (Å²) in [5.41, 5.74) is 5.07. The quantitative estimate of drug-likeness (QED) is 0.376. The number of piperazine rings is 1. The van der Waals surface area contributed by atoms with Crippen molar-refractivity contribution in [2.75, 3.05) is 49.5 Å². The summed E-state index contributed by atoms with van der Waals surface area (Å²) in [6, 6.07) is 12.3. The molecule has 4 aromatic rings. The maximum absolute atomic E-state index is 4.81. The second-order valence-corrected chi connectivity index (χ2v) is 8.95. The molecule has 2 fully saturated rings. The number of hydrogen-bond donors (Lipinski definition) is 3. The van der Waals surface area contributed by atoms with E-state index in [-0.39, 0.29) is 12.4 Å². The third-order valence-electron chi connectivity index (χ3n) is 6.50. The molecule has 0 saturated carbocycles. The highest BCUT2D eigenvalue weighted by atomic mass is 35.5. The molecule has 2 aliphatic rings. The van der Waals surface area contributed by atoms with Crippen LogP contribution < -0.4 is 15.5 Å². The number of nitrogens with one attached hydrogen (secondary N) is 3. The second-order valence-electron chi connectivity index (χ2n) is 8.95. The topological polar surface area (TPSA) is 97.9 Å². The molecular weight excluding hydrogens is 462 g/mol. The van der Waals surface area contributed by atoms with Crippen LogP contribution in [-0.4, -0.2) is 69.1 Å². The van der Waals surface area contributed by atoms with Gasteiger partial charge in [-0.05, 0) is 48.7 Å². The van der Waals surface area contributed by atoms with Gasteiger partial charge in [-0.1, -0.05) is 6.07 Å². The first-order valence-corrected chi connectivity index (χ1v) is 12.0. The largest absolute Gasteiger partial charge is 0.341 e. The highest BCUT2D eigenvalue weighted by Gasteiger charge is 2.16. The summed E-state index contributed by atoms with van der Waals surface area (Å²) in [4.78, 5) is 26.6. The molecular formula is C25H30ClN9. The van der Waals surface area contributed by atoms with Gasteiger partial charge in [0.2, 0.25) is 11.9 Å². The average molecular weight is 492 g/mol. The standard InChI is InChI=1S/C25H29N9.ClH/c1-2-12-34(11-1)25-28-8-6-20(31-25)19-3-4-21-22(16-19)30-24(29-21)32-23-15-18(5-7-27-23)17-33-13-9-26-10-14-33;/h3-8,15-16,26H,1-2,9-14,17H2,(H2,27,29,30,32);1H. The Morgan fingerprint density at radius 2 is 1.71 bits per heavy atom. The van der Waals surface area contributed by atoms with Crippen LogP contribution in [0, 0.1) is 0 Å². The van der Waals surface area contributed by atoms with Crippen LogP contribution in [0.3, 0.4) is 0 Å². The van der Waals surface area contributed by atoms with Gasteiger partial charge in [0.1, 0.15) is 5.82 Å². The van der Waals surface area contributed by atoms with Gasteiger partial charge in [0.25, 0.3) is 0 Å². The van der Waals surface area contributed by atoms with Crippen molar-refractivity contribution in [1.82, 2.24) is 35.1 Å². The fourth-order valence-electron chi connectivity index (χ4n) is 4.70. The van der Waals surface area contributed by atoms with Crippen LogP contribution in [0.25, 0.3) is 22.3 Å². The number of rotatable bonds is 6. The molecule has 0 spiro atoms. The predicted molar refractivity (Wildman–Crippen MR) is 141 cm³/mol. The van der Waals surface area contributed by atoms with Crippen LogP contribution >= 0.6 is 12.4 Å². The summed E-state index contributed by atoms with van der Waals surface area (Å²) in [6.07, 6.45) is 6.11. The van der Waals surface area contributed by atoms with E-state index in [9.17, 15) is 0 Å². The van der Waals surface area contributed by atoms with E-state index in [2.05, 4.69) is 59.7 Å². The lowest BCUT2D eigenvalue weighted by molar-refractivity contribution is 0.233. The van der Waals surface area contributed by atoms with E-state index < -0.39 is 0 Å². The van der Waals surface area contributed by atoms with Gasteiger partial charge in [-0.25, -0.2) is 19.9 Å². The number of aromatic amines is 1. The summed E-state index contributed by atoms with van der Waals surface area (Å²) in [6.45, 7) is 7.23. The van der Waals surface area contributed by atoms with Gasteiger partial charge < -0.3 is 20.5 Å². The Morgan fingerprint density at radius 3 is 2.57 bits per heavy atom. The molecule has 1 aromatic carbocycles. The molecule has 2 aliphatic heterocycles. The van der Waals surface area contributed by atoms with Gasteiger partial charge in [0.05, 0.1) is 16.7 Å². The molecule has 0 bridgehead atoms. The van der Waals surface area contributed by atoms with Gasteiger partial charge in [-0.2, -0.15) is 0 Å². The lowest BCUT2D eigenvalue weighted by Crippen LogP contribution is -2.42. The number of benzene rings is 1. The zero-order valence-electron chi connectivity index (χ0n) is 19.6. The summed E-state index contributed by atoms with van der Waals surface area (Å²) in [7, 11) is 0. The van der Waals surface area contributed by atoms with E-state index in [0.29, 0.717) is 5.95 Å². The van der Waals surface area contributed by atoms with E-state index in [1.807, 2.05) is 24.5 Å². The third-order valence-corrected chi connectivity index (χ3v) is 6.50. The lowest BCUT2D eigenvalue weighted by atomic mass is 10.1. The first-order chi connectivity index (χ1) is 16.8. The average Bonchev–Trinajstić information content (AvgIpc) is 3.55. The van der Waals surface area contributed by atoms with Crippen molar-refractivity contribution in [2.45, 2.75) is 19.4 Å². The maximum Gasteiger partial charge on any atom is 0.225 e. The molecule has 6 rings (SSSR count). The smallest absolute Gasteiger partial charge is 0.225 e. The molecule has 3 N–H and O–H groups in total. The molecule has 0 radical (unpaired) electrons. The van der Waals surface area contributed by atoms with Crippen LogP contribution in [0.2, 0.25) is 0 Å². The molecule has 0 atom stereocenters. The van der Waals surface area contributed by atoms with Crippen LogP contribution in [0.5, 0.6) is 0 Å². The van der Waals surface area contributed by atoms with Crippen molar-refractivity contribution >= 4 is 41.2 Å². The number of H-pyrrole nitrogens is 1. The number of pyridine rings is 1. The van der Waals surface area contributed by atoms with Gasteiger partial charge in [0.15, 0.2) is 0 Å². The predicted octanol–water partition coefficient (Wildman–Crippen LogP) is 3.59. The van der Waals surface area contributed by atoms with E-state index in [1.165, 1.54) is 18.4 Å². The number of halogens is 1. The van der Waals surface area contributed by atoms with E-state index in [0.717, 1.165) is 79.9 Å². The highest BCUT2D eigenvalue weighted by molar-refractivity contribution is 5.85. The minimum atomic E-state index is 0. The fourth-order valence-corrected chi connectivity index (χ4v) is 4.70. The normalized spacial score (nSPS) is 16.4. The second kappa shape index (κ2) is 10.6. The summed E-state index contributed by atoms with van der Waals surface area (Å²) < 4.78 is 0. The summed E-state index contributed by atoms with van der Waals surface area (Å²) in [5.74, 6) is 2.28. The first kappa shape index (κ1) is 23.5. The Bertz CT molecular complexity index is 1280. The number of nitrogens with zero attached hydrogens (tertiary/aromatic N) is 6. The van der Waals surface area contributed by atoms with E-state index in [4.69, 9.17) is 9.97 Å². The number of hydrogen-bond acceptors (Lipinski definition) is 8. The molecule has 35 heavy (non-hydrogen) atoms. The van der Waals surface area contributed by atoms with Gasteiger partial charge in [0, 0.05) is 63.8 Å². The van der Waals surface area contributed by atoms with Crippen molar-refractivity contribution in [2.24, 2.45) is 0 Å².